The Morgan fingerprint density at radius 2 is 1.37 bits per heavy atom. The zero-order valence-electron chi connectivity index (χ0n) is 13.9. The topological polar surface area (TPSA) is 99.3 Å². The molecular weight excluding hydrogens is 364 g/mol. The summed E-state index contributed by atoms with van der Waals surface area (Å²) in [5.74, 6) is -0.0772. The predicted molar refractivity (Wildman–Crippen MR) is 104 cm³/mol. The van der Waals surface area contributed by atoms with Crippen molar-refractivity contribution in [3.63, 3.8) is 0 Å². The van der Waals surface area contributed by atoms with Gasteiger partial charge in [-0.25, -0.2) is 0 Å². The van der Waals surface area contributed by atoms with E-state index in [0.29, 0.717) is 10.8 Å². The molecule has 0 aliphatic rings. The molecule has 0 unspecified atom stereocenters. The first kappa shape index (κ1) is 17.1. The molecule has 0 aliphatic heterocycles. The highest BCUT2D eigenvalue weighted by atomic mass is 32.2. The molecule has 7 heteroatoms. The van der Waals surface area contributed by atoms with Crippen molar-refractivity contribution in [1.82, 2.24) is 0 Å². The van der Waals surface area contributed by atoms with Gasteiger partial charge in [0.05, 0.1) is 0 Å². The van der Waals surface area contributed by atoms with Gasteiger partial charge in [-0.2, -0.15) is 8.42 Å². The Labute approximate surface area is 155 Å². The number of aromatic hydroxyl groups is 1. The summed E-state index contributed by atoms with van der Waals surface area (Å²) in [6.45, 7) is 0. The number of hydrogen-bond donors (Lipinski definition) is 2. The third kappa shape index (κ3) is 3.25. The van der Waals surface area contributed by atoms with Gasteiger partial charge in [-0.15, -0.1) is 10.2 Å². The molecule has 0 aliphatic carbocycles. The fourth-order valence-corrected chi connectivity index (χ4v) is 3.58. The summed E-state index contributed by atoms with van der Waals surface area (Å²) in [5.41, 5.74) is 0.214. The molecule has 0 saturated heterocycles. The van der Waals surface area contributed by atoms with Gasteiger partial charge < -0.3 is 5.11 Å². The first-order chi connectivity index (χ1) is 12.9. The summed E-state index contributed by atoms with van der Waals surface area (Å²) in [6, 6.07) is 20.6. The van der Waals surface area contributed by atoms with Gasteiger partial charge in [-0.3, -0.25) is 4.55 Å². The van der Waals surface area contributed by atoms with Gasteiger partial charge in [0.25, 0.3) is 10.1 Å². The van der Waals surface area contributed by atoms with E-state index in [9.17, 15) is 18.1 Å². The molecule has 4 rings (SSSR count). The zero-order chi connectivity index (χ0) is 19.0. The number of phenols is 1. The standard InChI is InChI=1S/C20H14N2O4S/c23-18-10-9-13-5-3-4-8-16(13)20(18)22-21-17-11-14-6-1-2-7-15(14)12-19(17)27(24,25)26/h1-12,23H,(H,24,25,26). The van der Waals surface area contributed by atoms with Crippen LogP contribution in [0.15, 0.2) is 87.9 Å². The first-order valence-electron chi connectivity index (χ1n) is 8.06. The fraction of sp³-hybridized carbons (Fsp3) is 0. The SMILES string of the molecule is O=S(=O)(O)c1cc2ccccc2cc1N=Nc1c(O)ccc2ccccc12. The van der Waals surface area contributed by atoms with Crippen molar-refractivity contribution in [2.24, 2.45) is 10.2 Å². The first-order valence-corrected chi connectivity index (χ1v) is 9.50. The smallest absolute Gasteiger partial charge is 0.296 e. The molecule has 0 heterocycles. The second-order valence-electron chi connectivity index (χ2n) is 6.00. The molecule has 0 radical (unpaired) electrons. The van der Waals surface area contributed by atoms with Crippen LogP contribution >= 0.6 is 0 Å². The van der Waals surface area contributed by atoms with Gasteiger partial charge in [0, 0.05) is 5.39 Å². The van der Waals surface area contributed by atoms with Gasteiger partial charge in [0.15, 0.2) is 0 Å². The minimum absolute atomic E-state index is 0.0106. The molecular formula is C20H14N2O4S. The summed E-state index contributed by atoms with van der Waals surface area (Å²) < 4.78 is 33.2. The molecule has 0 bridgehead atoms. The van der Waals surface area contributed by atoms with E-state index in [2.05, 4.69) is 10.2 Å². The number of hydrogen-bond acceptors (Lipinski definition) is 5. The minimum Gasteiger partial charge on any atom is -0.506 e. The highest BCUT2D eigenvalue weighted by Crippen LogP contribution is 2.37. The van der Waals surface area contributed by atoms with Crippen molar-refractivity contribution in [3.8, 4) is 5.75 Å². The number of phenolic OH excluding ortho intramolecular Hbond substituents is 1. The van der Waals surface area contributed by atoms with Crippen LogP contribution in [-0.2, 0) is 10.1 Å². The molecule has 0 aromatic heterocycles. The lowest BCUT2D eigenvalue weighted by molar-refractivity contribution is 0.477. The maximum absolute atomic E-state index is 11.8. The molecule has 0 amide bonds. The van der Waals surface area contributed by atoms with Gasteiger partial charge in [-0.05, 0) is 34.4 Å². The number of nitrogens with zero attached hydrogens (tertiary/aromatic N) is 2. The molecule has 6 nitrogen and oxygen atoms in total. The molecule has 0 saturated carbocycles. The lowest BCUT2D eigenvalue weighted by Crippen LogP contribution is -1.98. The van der Waals surface area contributed by atoms with Crippen LogP contribution in [0.4, 0.5) is 11.4 Å². The summed E-state index contributed by atoms with van der Waals surface area (Å²) in [6.07, 6.45) is 0. The van der Waals surface area contributed by atoms with Crippen LogP contribution in [0.5, 0.6) is 5.75 Å². The molecule has 0 atom stereocenters. The van der Waals surface area contributed by atoms with Crippen LogP contribution in [0.1, 0.15) is 0 Å². The van der Waals surface area contributed by atoms with E-state index in [1.807, 2.05) is 18.2 Å². The number of rotatable bonds is 3. The second kappa shape index (κ2) is 6.46. The van der Waals surface area contributed by atoms with Gasteiger partial charge in [-0.1, -0.05) is 54.6 Å². The third-order valence-corrected chi connectivity index (χ3v) is 5.13. The molecule has 0 spiro atoms. The third-order valence-electron chi connectivity index (χ3n) is 4.24. The van der Waals surface area contributed by atoms with Crippen LogP contribution in [0.2, 0.25) is 0 Å². The van der Waals surface area contributed by atoms with Gasteiger partial charge >= 0.3 is 0 Å². The van der Waals surface area contributed by atoms with E-state index in [1.165, 1.54) is 18.2 Å². The molecule has 4 aromatic rings. The molecule has 2 N–H and O–H groups in total. The highest BCUT2D eigenvalue weighted by Gasteiger charge is 2.17. The molecule has 27 heavy (non-hydrogen) atoms. The normalized spacial score (nSPS) is 12.2. The minimum atomic E-state index is -4.50. The second-order valence-corrected chi connectivity index (χ2v) is 7.39. The Kier molecular flexibility index (Phi) is 4.10. The largest absolute Gasteiger partial charge is 0.506 e. The quantitative estimate of drug-likeness (QED) is 0.370. The molecule has 0 fully saturated rings. The van der Waals surface area contributed by atoms with Crippen LogP contribution in [0, 0.1) is 0 Å². The monoisotopic (exact) mass is 378 g/mol. The summed E-state index contributed by atoms with van der Waals surface area (Å²) in [5, 5.41) is 21.2. The van der Waals surface area contributed by atoms with E-state index < -0.39 is 10.1 Å². The maximum Gasteiger partial charge on any atom is 0.296 e. The van der Waals surface area contributed by atoms with E-state index in [4.69, 9.17) is 0 Å². The van der Waals surface area contributed by atoms with E-state index >= 15 is 0 Å². The van der Waals surface area contributed by atoms with Gasteiger partial charge in [0.2, 0.25) is 0 Å². The van der Waals surface area contributed by atoms with E-state index in [1.54, 1.807) is 36.4 Å². The van der Waals surface area contributed by atoms with Crippen molar-refractivity contribution in [2.45, 2.75) is 4.90 Å². The summed E-state index contributed by atoms with van der Waals surface area (Å²) in [4.78, 5) is -0.343. The fourth-order valence-electron chi connectivity index (χ4n) is 2.94. The van der Waals surface area contributed by atoms with Crippen LogP contribution in [-0.4, -0.2) is 18.1 Å². The number of azo groups is 1. The Bertz CT molecular complexity index is 1310. The van der Waals surface area contributed by atoms with Crippen molar-refractivity contribution < 1.29 is 18.1 Å². The summed E-state index contributed by atoms with van der Waals surface area (Å²) >= 11 is 0. The average molecular weight is 378 g/mol. The van der Waals surface area contributed by atoms with Crippen molar-refractivity contribution in [3.05, 3.63) is 72.8 Å². The lowest BCUT2D eigenvalue weighted by Gasteiger charge is -2.06. The van der Waals surface area contributed by atoms with Crippen molar-refractivity contribution >= 4 is 43.0 Å². The van der Waals surface area contributed by atoms with Gasteiger partial charge in [0.1, 0.15) is 22.0 Å². The van der Waals surface area contributed by atoms with Crippen molar-refractivity contribution in [2.75, 3.05) is 0 Å². The molecule has 134 valence electrons. The maximum atomic E-state index is 11.8. The number of benzene rings is 4. The predicted octanol–water partition coefficient (Wildman–Crippen LogP) is 5.36. The summed E-state index contributed by atoms with van der Waals surface area (Å²) in [7, 11) is -4.50. The zero-order valence-corrected chi connectivity index (χ0v) is 14.8. The van der Waals surface area contributed by atoms with Crippen LogP contribution in [0.3, 0.4) is 0 Å². The van der Waals surface area contributed by atoms with Crippen molar-refractivity contribution in [1.29, 1.82) is 0 Å². The average Bonchev–Trinajstić information content (AvgIpc) is 2.66. The van der Waals surface area contributed by atoms with E-state index in [0.717, 1.165) is 10.8 Å². The lowest BCUT2D eigenvalue weighted by atomic mass is 10.1. The Balaban J connectivity index is 1.93. The Morgan fingerprint density at radius 1 is 0.741 bits per heavy atom. The highest BCUT2D eigenvalue weighted by molar-refractivity contribution is 7.86. The van der Waals surface area contributed by atoms with Crippen LogP contribution < -0.4 is 0 Å². The van der Waals surface area contributed by atoms with Crippen LogP contribution in [0.25, 0.3) is 21.5 Å². The molecule has 4 aromatic carbocycles. The Morgan fingerprint density at radius 3 is 2.07 bits per heavy atom. The van der Waals surface area contributed by atoms with E-state index in [-0.39, 0.29) is 22.0 Å². The number of fused-ring (bicyclic) bond motifs is 2. The Hall–Kier alpha value is -3.29.